The van der Waals surface area contributed by atoms with Gasteiger partial charge in [0.1, 0.15) is 0 Å². The fraction of sp³-hybridized carbons (Fsp3) is 1.00. The van der Waals surface area contributed by atoms with Crippen molar-refractivity contribution < 1.29 is 9.84 Å². The lowest BCUT2D eigenvalue weighted by Gasteiger charge is -2.22. The molecule has 0 spiro atoms. The fourth-order valence-electron chi connectivity index (χ4n) is 1.02. The number of ether oxygens (including phenoxy) is 1. The highest BCUT2D eigenvalue weighted by Gasteiger charge is 2.11. The summed E-state index contributed by atoms with van der Waals surface area (Å²) in [5, 5.41) is 12.8. The first-order chi connectivity index (χ1) is 6.81. The second-order valence-electron chi connectivity index (χ2n) is 5.54. The summed E-state index contributed by atoms with van der Waals surface area (Å²) in [5.41, 5.74) is 0.0545. The maximum atomic E-state index is 9.59. The molecule has 0 saturated carbocycles. The van der Waals surface area contributed by atoms with E-state index in [2.05, 4.69) is 39.9 Å². The summed E-state index contributed by atoms with van der Waals surface area (Å²) in [4.78, 5) is 0. The lowest BCUT2D eigenvalue weighted by atomic mass is 10.1. The molecular weight excluding hydrogens is 190 g/mol. The number of β-amino-alcohol motifs (C(OH)–C–C–N with tert-alkyl or cyclic N) is 1. The van der Waals surface area contributed by atoms with Crippen LogP contribution in [0.3, 0.4) is 0 Å². The smallest absolute Gasteiger partial charge is 0.0897 e. The topological polar surface area (TPSA) is 41.5 Å². The van der Waals surface area contributed by atoms with E-state index in [-0.39, 0.29) is 5.54 Å². The zero-order chi connectivity index (χ0) is 11.9. The Bertz CT molecular complexity index is 152. The largest absolute Gasteiger partial charge is 0.389 e. The van der Waals surface area contributed by atoms with E-state index in [1.165, 1.54) is 0 Å². The minimum absolute atomic E-state index is 0.0545. The van der Waals surface area contributed by atoms with Crippen molar-refractivity contribution in [1.29, 1.82) is 0 Å². The van der Waals surface area contributed by atoms with E-state index in [1.54, 1.807) is 0 Å². The molecule has 2 N–H and O–H groups in total. The minimum atomic E-state index is -0.406. The van der Waals surface area contributed by atoms with E-state index in [1.807, 2.05) is 0 Å². The predicted molar refractivity (Wildman–Crippen MR) is 64.0 cm³/mol. The van der Waals surface area contributed by atoms with Gasteiger partial charge in [0.2, 0.25) is 0 Å². The number of hydrogen-bond acceptors (Lipinski definition) is 3. The van der Waals surface area contributed by atoms with Crippen LogP contribution < -0.4 is 5.32 Å². The quantitative estimate of drug-likeness (QED) is 0.639. The Morgan fingerprint density at radius 3 is 2.33 bits per heavy atom. The predicted octanol–water partition coefficient (Wildman–Crippen LogP) is 1.80. The molecule has 0 heterocycles. The van der Waals surface area contributed by atoms with Gasteiger partial charge in [-0.15, -0.1) is 0 Å². The van der Waals surface area contributed by atoms with Crippen LogP contribution in [0.5, 0.6) is 0 Å². The average molecular weight is 217 g/mol. The number of hydrogen-bond donors (Lipinski definition) is 2. The Kier molecular flexibility index (Phi) is 7.14. The first-order valence-electron chi connectivity index (χ1n) is 5.82. The van der Waals surface area contributed by atoms with Crippen LogP contribution in [-0.2, 0) is 4.74 Å². The van der Waals surface area contributed by atoms with Gasteiger partial charge in [-0.1, -0.05) is 13.8 Å². The Balaban J connectivity index is 3.38. The van der Waals surface area contributed by atoms with E-state index in [0.717, 1.165) is 13.0 Å². The third-order valence-electron chi connectivity index (χ3n) is 2.02. The zero-order valence-electron chi connectivity index (χ0n) is 10.8. The molecule has 3 heteroatoms. The number of aliphatic hydroxyl groups excluding tert-OH is 1. The van der Waals surface area contributed by atoms with Crippen LogP contribution in [0.15, 0.2) is 0 Å². The Morgan fingerprint density at radius 1 is 1.27 bits per heavy atom. The molecule has 1 atom stereocenters. The molecule has 0 aromatic heterocycles. The van der Waals surface area contributed by atoms with E-state index < -0.39 is 6.10 Å². The molecule has 0 fully saturated rings. The summed E-state index contributed by atoms with van der Waals surface area (Å²) in [6.07, 6.45) is 0.649. The van der Waals surface area contributed by atoms with Crippen molar-refractivity contribution in [3.8, 4) is 0 Å². The third kappa shape index (κ3) is 11.8. The van der Waals surface area contributed by atoms with Gasteiger partial charge in [0.05, 0.1) is 12.7 Å². The Hall–Kier alpha value is -0.120. The molecule has 0 aliphatic carbocycles. The van der Waals surface area contributed by atoms with Gasteiger partial charge in [-0.2, -0.15) is 0 Å². The van der Waals surface area contributed by atoms with Crippen molar-refractivity contribution >= 4 is 0 Å². The second-order valence-corrected chi connectivity index (χ2v) is 5.54. The molecule has 0 rings (SSSR count). The van der Waals surface area contributed by atoms with E-state index in [4.69, 9.17) is 4.74 Å². The van der Waals surface area contributed by atoms with Gasteiger partial charge < -0.3 is 15.2 Å². The normalized spacial score (nSPS) is 14.6. The number of nitrogens with one attached hydrogen (secondary N) is 1. The molecule has 15 heavy (non-hydrogen) atoms. The standard InChI is InChI=1S/C12H27NO2/c1-10(2)6-7-15-9-11(14)8-13-12(3,4)5/h10-11,13-14H,6-9H2,1-5H3. The lowest BCUT2D eigenvalue weighted by Crippen LogP contribution is -2.42. The third-order valence-corrected chi connectivity index (χ3v) is 2.02. The molecule has 0 aliphatic rings. The van der Waals surface area contributed by atoms with Crippen LogP contribution in [0, 0.1) is 5.92 Å². The average Bonchev–Trinajstić information content (AvgIpc) is 2.07. The molecular formula is C12H27NO2. The minimum Gasteiger partial charge on any atom is -0.389 e. The van der Waals surface area contributed by atoms with Crippen molar-refractivity contribution in [2.75, 3.05) is 19.8 Å². The van der Waals surface area contributed by atoms with Crippen LogP contribution in [0.1, 0.15) is 41.0 Å². The van der Waals surface area contributed by atoms with Gasteiger partial charge in [-0.05, 0) is 33.1 Å². The Morgan fingerprint density at radius 2 is 1.87 bits per heavy atom. The molecule has 0 aromatic carbocycles. The summed E-state index contributed by atoms with van der Waals surface area (Å²) < 4.78 is 5.38. The van der Waals surface area contributed by atoms with Gasteiger partial charge in [-0.3, -0.25) is 0 Å². The molecule has 0 bridgehead atoms. The number of aliphatic hydroxyl groups is 1. The van der Waals surface area contributed by atoms with Crippen molar-refractivity contribution in [1.82, 2.24) is 5.32 Å². The van der Waals surface area contributed by atoms with Gasteiger partial charge >= 0.3 is 0 Å². The van der Waals surface area contributed by atoms with Crippen LogP contribution in [0.25, 0.3) is 0 Å². The first-order valence-corrected chi connectivity index (χ1v) is 5.82. The fourth-order valence-corrected chi connectivity index (χ4v) is 1.02. The maximum Gasteiger partial charge on any atom is 0.0897 e. The molecule has 1 unspecified atom stereocenters. The van der Waals surface area contributed by atoms with E-state index in [9.17, 15) is 5.11 Å². The van der Waals surface area contributed by atoms with Gasteiger partial charge in [-0.25, -0.2) is 0 Å². The van der Waals surface area contributed by atoms with Crippen LogP contribution in [0.4, 0.5) is 0 Å². The van der Waals surface area contributed by atoms with E-state index in [0.29, 0.717) is 19.1 Å². The summed E-state index contributed by atoms with van der Waals surface area (Å²) in [6, 6.07) is 0. The second kappa shape index (κ2) is 7.20. The van der Waals surface area contributed by atoms with Crippen LogP contribution in [-0.4, -0.2) is 36.5 Å². The zero-order valence-corrected chi connectivity index (χ0v) is 10.8. The summed E-state index contributed by atoms with van der Waals surface area (Å²) in [6.45, 7) is 12.3. The van der Waals surface area contributed by atoms with Crippen LogP contribution >= 0.6 is 0 Å². The number of rotatable bonds is 7. The Labute approximate surface area is 94.2 Å². The molecule has 0 aliphatic heterocycles. The van der Waals surface area contributed by atoms with Crippen molar-refractivity contribution in [3.05, 3.63) is 0 Å². The SMILES string of the molecule is CC(C)CCOCC(O)CNC(C)(C)C. The van der Waals surface area contributed by atoms with E-state index >= 15 is 0 Å². The van der Waals surface area contributed by atoms with Gasteiger partial charge in [0.25, 0.3) is 0 Å². The molecule has 0 aromatic rings. The lowest BCUT2D eigenvalue weighted by molar-refractivity contribution is 0.0302. The highest BCUT2D eigenvalue weighted by atomic mass is 16.5. The van der Waals surface area contributed by atoms with Crippen molar-refractivity contribution in [2.24, 2.45) is 5.92 Å². The molecule has 3 nitrogen and oxygen atoms in total. The monoisotopic (exact) mass is 217 g/mol. The highest BCUT2D eigenvalue weighted by Crippen LogP contribution is 2.00. The van der Waals surface area contributed by atoms with Crippen molar-refractivity contribution in [3.63, 3.8) is 0 Å². The molecule has 92 valence electrons. The molecule has 0 amide bonds. The highest BCUT2D eigenvalue weighted by molar-refractivity contribution is 4.72. The molecule has 0 saturated heterocycles. The maximum absolute atomic E-state index is 9.59. The molecule has 0 radical (unpaired) electrons. The first kappa shape index (κ1) is 14.9. The summed E-state index contributed by atoms with van der Waals surface area (Å²) in [5.74, 6) is 0.662. The summed E-state index contributed by atoms with van der Waals surface area (Å²) in [7, 11) is 0. The van der Waals surface area contributed by atoms with Crippen LogP contribution in [0.2, 0.25) is 0 Å². The van der Waals surface area contributed by atoms with Gasteiger partial charge in [0.15, 0.2) is 0 Å². The van der Waals surface area contributed by atoms with Crippen molar-refractivity contribution in [2.45, 2.75) is 52.7 Å². The van der Waals surface area contributed by atoms with Gasteiger partial charge in [0, 0.05) is 18.7 Å². The summed E-state index contributed by atoms with van der Waals surface area (Å²) >= 11 is 0.